The number of hydrogen-bond acceptors (Lipinski definition) is 3. The summed E-state index contributed by atoms with van der Waals surface area (Å²) in [6, 6.07) is 3.39. The smallest absolute Gasteiger partial charge is 0.323 e. The Balaban J connectivity index is 2.15. The molecule has 0 atom stereocenters. The standard InChI is InChI=1S/C13H18N2O3S/c1-13(2)9-15(6-7-19-13)12(18)10-4-3-5-14(10)8-11(16)17/h3-5H,6-9H2,1-2H3,(H,16,17). The summed E-state index contributed by atoms with van der Waals surface area (Å²) in [4.78, 5) is 25.0. The molecular formula is C13H18N2O3S. The molecule has 0 aromatic carbocycles. The first-order valence-electron chi connectivity index (χ1n) is 6.19. The molecule has 0 saturated carbocycles. The minimum absolute atomic E-state index is 0.0537. The lowest BCUT2D eigenvalue weighted by atomic mass is 10.1. The summed E-state index contributed by atoms with van der Waals surface area (Å²) in [5.41, 5.74) is 0.449. The van der Waals surface area contributed by atoms with Crippen molar-refractivity contribution >= 4 is 23.6 Å². The van der Waals surface area contributed by atoms with Crippen LogP contribution < -0.4 is 0 Å². The molecule has 19 heavy (non-hydrogen) atoms. The predicted octanol–water partition coefficient (Wildman–Crippen LogP) is 1.54. The van der Waals surface area contributed by atoms with Crippen LogP contribution in [-0.2, 0) is 11.3 Å². The van der Waals surface area contributed by atoms with E-state index in [1.165, 1.54) is 4.57 Å². The Morgan fingerprint density at radius 2 is 2.21 bits per heavy atom. The van der Waals surface area contributed by atoms with Crippen molar-refractivity contribution in [1.82, 2.24) is 9.47 Å². The van der Waals surface area contributed by atoms with E-state index in [1.54, 1.807) is 18.3 Å². The zero-order chi connectivity index (χ0) is 14.0. The second-order valence-corrected chi connectivity index (χ2v) is 7.05. The van der Waals surface area contributed by atoms with Gasteiger partial charge in [-0.25, -0.2) is 0 Å². The number of aromatic nitrogens is 1. The Hall–Kier alpha value is -1.43. The third-order valence-corrected chi connectivity index (χ3v) is 4.36. The van der Waals surface area contributed by atoms with Gasteiger partial charge in [0.05, 0.1) is 0 Å². The van der Waals surface area contributed by atoms with Crippen LogP contribution in [0, 0.1) is 0 Å². The molecule has 6 heteroatoms. The van der Waals surface area contributed by atoms with Crippen molar-refractivity contribution in [2.24, 2.45) is 0 Å². The Morgan fingerprint density at radius 3 is 2.84 bits per heavy atom. The minimum atomic E-state index is -0.945. The SMILES string of the molecule is CC1(C)CN(C(=O)c2cccn2CC(=O)O)CCS1. The first kappa shape index (κ1) is 14.0. The topological polar surface area (TPSA) is 62.5 Å². The molecule has 1 aromatic heterocycles. The van der Waals surface area contributed by atoms with E-state index in [2.05, 4.69) is 13.8 Å². The van der Waals surface area contributed by atoms with Crippen molar-refractivity contribution in [2.45, 2.75) is 25.1 Å². The first-order chi connectivity index (χ1) is 8.89. The summed E-state index contributed by atoms with van der Waals surface area (Å²) in [6.45, 7) is 5.46. The molecule has 0 bridgehead atoms. The van der Waals surface area contributed by atoms with E-state index < -0.39 is 5.97 Å². The van der Waals surface area contributed by atoms with Crippen LogP contribution in [0.2, 0.25) is 0 Å². The number of hydrogen-bond donors (Lipinski definition) is 1. The largest absolute Gasteiger partial charge is 0.480 e. The summed E-state index contributed by atoms with van der Waals surface area (Å²) < 4.78 is 1.54. The van der Waals surface area contributed by atoms with Gasteiger partial charge in [-0.1, -0.05) is 0 Å². The molecule has 1 aliphatic heterocycles. The number of carboxylic acids is 1. The number of aliphatic carboxylic acids is 1. The van der Waals surface area contributed by atoms with Gasteiger partial charge in [0.1, 0.15) is 12.2 Å². The molecule has 0 unspecified atom stereocenters. The van der Waals surface area contributed by atoms with Gasteiger partial charge in [-0.15, -0.1) is 0 Å². The van der Waals surface area contributed by atoms with E-state index in [0.29, 0.717) is 18.8 Å². The number of carbonyl (C=O) groups is 2. The van der Waals surface area contributed by atoms with Gasteiger partial charge in [0.25, 0.3) is 5.91 Å². The van der Waals surface area contributed by atoms with Gasteiger partial charge in [0.15, 0.2) is 0 Å². The van der Waals surface area contributed by atoms with E-state index in [0.717, 1.165) is 5.75 Å². The van der Waals surface area contributed by atoms with E-state index in [4.69, 9.17) is 5.11 Å². The zero-order valence-electron chi connectivity index (χ0n) is 11.1. The first-order valence-corrected chi connectivity index (χ1v) is 7.18. The fourth-order valence-corrected chi connectivity index (χ4v) is 3.36. The van der Waals surface area contributed by atoms with Gasteiger partial charge in [-0.05, 0) is 26.0 Å². The predicted molar refractivity (Wildman–Crippen MR) is 74.5 cm³/mol. The van der Waals surface area contributed by atoms with Gasteiger partial charge in [0, 0.05) is 29.8 Å². The van der Waals surface area contributed by atoms with Crippen LogP contribution in [0.3, 0.4) is 0 Å². The fraction of sp³-hybridized carbons (Fsp3) is 0.538. The molecule has 1 fully saturated rings. The number of amides is 1. The number of carboxylic acid groups (broad SMARTS) is 1. The Labute approximate surface area is 116 Å². The maximum absolute atomic E-state index is 12.5. The van der Waals surface area contributed by atoms with E-state index in [-0.39, 0.29) is 17.2 Å². The lowest BCUT2D eigenvalue weighted by Crippen LogP contribution is -2.46. The number of carbonyl (C=O) groups excluding carboxylic acids is 1. The molecule has 0 radical (unpaired) electrons. The van der Waals surface area contributed by atoms with Crippen LogP contribution in [0.15, 0.2) is 18.3 Å². The molecule has 2 rings (SSSR count). The molecule has 104 valence electrons. The highest BCUT2D eigenvalue weighted by atomic mass is 32.2. The molecule has 5 nitrogen and oxygen atoms in total. The quantitative estimate of drug-likeness (QED) is 0.913. The monoisotopic (exact) mass is 282 g/mol. The maximum Gasteiger partial charge on any atom is 0.323 e. The Bertz CT molecular complexity index is 496. The highest BCUT2D eigenvalue weighted by Gasteiger charge is 2.31. The molecule has 1 aromatic rings. The molecular weight excluding hydrogens is 264 g/mol. The highest BCUT2D eigenvalue weighted by Crippen LogP contribution is 2.30. The van der Waals surface area contributed by atoms with Crippen molar-refractivity contribution in [2.75, 3.05) is 18.8 Å². The number of rotatable bonds is 3. The van der Waals surface area contributed by atoms with Crippen LogP contribution >= 0.6 is 11.8 Å². The average Bonchev–Trinajstić information content (AvgIpc) is 2.74. The zero-order valence-corrected chi connectivity index (χ0v) is 11.9. The summed E-state index contributed by atoms with van der Waals surface area (Å²) in [5.74, 6) is -0.113. The van der Waals surface area contributed by atoms with Gasteiger partial charge in [0.2, 0.25) is 0 Å². The van der Waals surface area contributed by atoms with Crippen LogP contribution in [-0.4, -0.2) is 50.0 Å². The van der Waals surface area contributed by atoms with Crippen molar-refractivity contribution in [3.8, 4) is 0 Å². The normalized spacial score (nSPS) is 18.3. The van der Waals surface area contributed by atoms with Crippen LogP contribution in [0.1, 0.15) is 24.3 Å². The van der Waals surface area contributed by atoms with Crippen LogP contribution in [0.25, 0.3) is 0 Å². The average molecular weight is 282 g/mol. The lowest BCUT2D eigenvalue weighted by molar-refractivity contribution is -0.137. The Kier molecular flexibility index (Phi) is 3.89. The van der Waals surface area contributed by atoms with Gasteiger partial charge >= 0.3 is 5.97 Å². The lowest BCUT2D eigenvalue weighted by Gasteiger charge is -2.37. The molecule has 0 spiro atoms. The molecule has 2 heterocycles. The summed E-state index contributed by atoms with van der Waals surface area (Å²) >= 11 is 1.86. The van der Waals surface area contributed by atoms with Gasteiger partial charge in [-0.3, -0.25) is 9.59 Å². The third kappa shape index (κ3) is 3.32. The Morgan fingerprint density at radius 1 is 1.47 bits per heavy atom. The van der Waals surface area contributed by atoms with Crippen molar-refractivity contribution in [1.29, 1.82) is 0 Å². The third-order valence-electron chi connectivity index (χ3n) is 3.07. The molecule has 1 amide bonds. The van der Waals surface area contributed by atoms with Gasteiger partial charge in [-0.2, -0.15) is 11.8 Å². The highest BCUT2D eigenvalue weighted by molar-refractivity contribution is 8.00. The molecule has 1 saturated heterocycles. The summed E-state index contributed by atoms with van der Waals surface area (Å²) in [7, 11) is 0. The van der Waals surface area contributed by atoms with E-state index >= 15 is 0 Å². The fourth-order valence-electron chi connectivity index (χ4n) is 2.24. The van der Waals surface area contributed by atoms with E-state index in [9.17, 15) is 9.59 Å². The van der Waals surface area contributed by atoms with Crippen molar-refractivity contribution < 1.29 is 14.7 Å². The van der Waals surface area contributed by atoms with E-state index in [1.807, 2.05) is 16.7 Å². The van der Waals surface area contributed by atoms with Crippen LogP contribution in [0.4, 0.5) is 0 Å². The summed E-state index contributed by atoms with van der Waals surface area (Å²) in [5, 5.41) is 8.84. The number of thioether (sulfide) groups is 1. The molecule has 1 aliphatic rings. The maximum atomic E-state index is 12.5. The summed E-state index contributed by atoms with van der Waals surface area (Å²) in [6.07, 6.45) is 1.63. The van der Waals surface area contributed by atoms with Crippen molar-refractivity contribution in [3.05, 3.63) is 24.0 Å². The second kappa shape index (κ2) is 5.28. The molecule has 1 N–H and O–H groups in total. The van der Waals surface area contributed by atoms with Crippen molar-refractivity contribution in [3.63, 3.8) is 0 Å². The second-order valence-electron chi connectivity index (χ2n) is 5.25. The van der Waals surface area contributed by atoms with Crippen LogP contribution in [0.5, 0.6) is 0 Å². The molecule has 0 aliphatic carbocycles. The number of nitrogens with zero attached hydrogens (tertiary/aromatic N) is 2. The van der Waals surface area contributed by atoms with Gasteiger partial charge < -0.3 is 14.6 Å². The minimum Gasteiger partial charge on any atom is -0.480 e.